The fourth-order valence-electron chi connectivity index (χ4n) is 1.99. The van der Waals surface area contributed by atoms with E-state index in [1.807, 2.05) is 7.05 Å². The van der Waals surface area contributed by atoms with Gasteiger partial charge in [-0.2, -0.15) is 0 Å². The monoisotopic (exact) mass is 182 g/mol. The Morgan fingerprint density at radius 3 is 3.00 bits per heavy atom. The Hall–Kier alpha value is -0.340. The van der Waals surface area contributed by atoms with Crippen molar-refractivity contribution in [1.82, 2.24) is 10.2 Å². The van der Waals surface area contributed by atoms with Crippen LogP contribution in [0.2, 0.25) is 0 Å². The van der Waals surface area contributed by atoms with Gasteiger partial charge in [-0.15, -0.1) is 6.58 Å². The van der Waals surface area contributed by atoms with E-state index in [1.165, 1.54) is 31.5 Å². The summed E-state index contributed by atoms with van der Waals surface area (Å²) in [7, 11) is 2.04. The molecule has 0 aromatic heterocycles. The van der Waals surface area contributed by atoms with Gasteiger partial charge in [0.1, 0.15) is 0 Å². The quantitative estimate of drug-likeness (QED) is 0.650. The molecule has 0 radical (unpaired) electrons. The van der Waals surface area contributed by atoms with Crippen molar-refractivity contribution in [2.45, 2.75) is 32.2 Å². The number of nitrogens with one attached hydrogen (secondary N) is 1. The largest absolute Gasteiger partial charge is 0.318 e. The second-order valence-corrected chi connectivity index (χ2v) is 4.10. The molecule has 1 fully saturated rings. The summed E-state index contributed by atoms with van der Waals surface area (Å²) in [5.41, 5.74) is 1.30. The number of hydrogen-bond acceptors (Lipinski definition) is 2. The van der Waals surface area contributed by atoms with Crippen molar-refractivity contribution in [1.29, 1.82) is 0 Å². The predicted molar refractivity (Wildman–Crippen MR) is 58.0 cm³/mol. The summed E-state index contributed by atoms with van der Waals surface area (Å²) in [5.74, 6) is 0. The normalized spacial score (nSPS) is 23.7. The van der Waals surface area contributed by atoms with Crippen LogP contribution in [0.1, 0.15) is 26.2 Å². The molecule has 1 aliphatic heterocycles. The standard InChI is InChI=1S/C11H22N2/c1-10(2)6-8-13-7-4-5-11(13)9-12-3/h11-12H,1,4-9H2,2-3H3. The highest BCUT2D eigenvalue weighted by atomic mass is 15.2. The second kappa shape index (κ2) is 5.40. The molecule has 1 aliphatic rings. The summed E-state index contributed by atoms with van der Waals surface area (Å²) in [4.78, 5) is 2.59. The number of rotatable bonds is 5. The average molecular weight is 182 g/mol. The molecule has 2 heteroatoms. The van der Waals surface area contributed by atoms with Gasteiger partial charge in [-0.1, -0.05) is 5.57 Å². The number of hydrogen-bond donors (Lipinski definition) is 1. The Morgan fingerprint density at radius 1 is 1.62 bits per heavy atom. The minimum absolute atomic E-state index is 0.768. The smallest absolute Gasteiger partial charge is 0.0221 e. The van der Waals surface area contributed by atoms with Crippen LogP contribution in [0.25, 0.3) is 0 Å². The molecule has 0 bridgehead atoms. The number of likely N-dealkylation sites (N-methyl/N-ethyl adjacent to an activating group) is 1. The van der Waals surface area contributed by atoms with Crippen molar-refractivity contribution in [3.05, 3.63) is 12.2 Å². The third kappa shape index (κ3) is 3.49. The van der Waals surface area contributed by atoms with Crippen molar-refractivity contribution in [3.63, 3.8) is 0 Å². The Balaban J connectivity index is 2.26. The van der Waals surface area contributed by atoms with E-state index in [0.717, 1.165) is 19.0 Å². The van der Waals surface area contributed by atoms with Crippen LogP contribution in [0.5, 0.6) is 0 Å². The van der Waals surface area contributed by atoms with Gasteiger partial charge in [0.15, 0.2) is 0 Å². The van der Waals surface area contributed by atoms with Crippen LogP contribution < -0.4 is 5.32 Å². The molecule has 76 valence electrons. The van der Waals surface area contributed by atoms with E-state index < -0.39 is 0 Å². The molecule has 13 heavy (non-hydrogen) atoms. The summed E-state index contributed by atoms with van der Waals surface area (Å²) in [6, 6.07) is 0.768. The summed E-state index contributed by atoms with van der Waals surface area (Å²) in [5, 5.41) is 3.26. The van der Waals surface area contributed by atoms with E-state index in [2.05, 4.69) is 23.7 Å². The van der Waals surface area contributed by atoms with Gasteiger partial charge in [-0.05, 0) is 39.8 Å². The van der Waals surface area contributed by atoms with Crippen molar-refractivity contribution >= 4 is 0 Å². The molecular weight excluding hydrogens is 160 g/mol. The molecule has 1 heterocycles. The molecule has 0 amide bonds. The van der Waals surface area contributed by atoms with E-state index in [-0.39, 0.29) is 0 Å². The first-order chi connectivity index (χ1) is 6.24. The molecule has 0 aromatic carbocycles. The van der Waals surface area contributed by atoms with Crippen LogP contribution in [-0.2, 0) is 0 Å². The van der Waals surface area contributed by atoms with Gasteiger partial charge in [0.2, 0.25) is 0 Å². The lowest BCUT2D eigenvalue weighted by Gasteiger charge is -2.24. The minimum atomic E-state index is 0.768. The summed E-state index contributed by atoms with van der Waals surface area (Å²) >= 11 is 0. The molecule has 1 unspecified atom stereocenters. The Labute approximate surface area is 82.0 Å². The first-order valence-corrected chi connectivity index (χ1v) is 5.27. The number of likely N-dealkylation sites (tertiary alicyclic amines) is 1. The van der Waals surface area contributed by atoms with E-state index in [1.54, 1.807) is 0 Å². The lowest BCUT2D eigenvalue weighted by Crippen LogP contribution is -2.37. The number of nitrogens with zero attached hydrogens (tertiary/aromatic N) is 1. The minimum Gasteiger partial charge on any atom is -0.318 e. The molecular formula is C11H22N2. The van der Waals surface area contributed by atoms with Gasteiger partial charge in [-0.3, -0.25) is 4.90 Å². The SMILES string of the molecule is C=C(C)CCN1CCCC1CNC. The summed E-state index contributed by atoms with van der Waals surface area (Å²) in [6.07, 6.45) is 3.87. The van der Waals surface area contributed by atoms with Crippen molar-refractivity contribution in [2.24, 2.45) is 0 Å². The zero-order valence-electron chi connectivity index (χ0n) is 8.97. The zero-order chi connectivity index (χ0) is 9.68. The van der Waals surface area contributed by atoms with Crippen LogP contribution in [-0.4, -0.2) is 37.6 Å². The maximum atomic E-state index is 3.94. The van der Waals surface area contributed by atoms with Gasteiger partial charge < -0.3 is 5.32 Å². The highest BCUT2D eigenvalue weighted by Gasteiger charge is 2.22. The van der Waals surface area contributed by atoms with Gasteiger partial charge in [0.05, 0.1) is 0 Å². The topological polar surface area (TPSA) is 15.3 Å². The van der Waals surface area contributed by atoms with Crippen molar-refractivity contribution in [2.75, 3.05) is 26.7 Å². The van der Waals surface area contributed by atoms with E-state index in [9.17, 15) is 0 Å². The second-order valence-electron chi connectivity index (χ2n) is 4.10. The molecule has 1 N–H and O–H groups in total. The van der Waals surface area contributed by atoms with E-state index in [0.29, 0.717) is 0 Å². The average Bonchev–Trinajstić information content (AvgIpc) is 2.49. The maximum absolute atomic E-state index is 3.94. The Kier molecular flexibility index (Phi) is 4.46. The molecule has 0 aromatic rings. The molecule has 1 rings (SSSR count). The van der Waals surface area contributed by atoms with Gasteiger partial charge in [0.25, 0.3) is 0 Å². The fraction of sp³-hybridized carbons (Fsp3) is 0.818. The van der Waals surface area contributed by atoms with Gasteiger partial charge >= 0.3 is 0 Å². The van der Waals surface area contributed by atoms with Gasteiger partial charge in [-0.25, -0.2) is 0 Å². The molecule has 0 aliphatic carbocycles. The highest BCUT2D eigenvalue weighted by Crippen LogP contribution is 2.17. The molecule has 0 spiro atoms. The molecule has 1 saturated heterocycles. The third-order valence-corrected chi connectivity index (χ3v) is 2.76. The van der Waals surface area contributed by atoms with Crippen molar-refractivity contribution < 1.29 is 0 Å². The van der Waals surface area contributed by atoms with Crippen LogP contribution >= 0.6 is 0 Å². The van der Waals surface area contributed by atoms with Crippen LogP contribution in [0.4, 0.5) is 0 Å². The Morgan fingerprint density at radius 2 is 2.38 bits per heavy atom. The zero-order valence-corrected chi connectivity index (χ0v) is 8.97. The van der Waals surface area contributed by atoms with Crippen LogP contribution in [0, 0.1) is 0 Å². The lowest BCUT2D eigenvalue weighted by atomic mass is 10.2. The fourth-order valence-corrected chi connectivity index (χ4v) is 1.99. The first-order valence-electron chi connectivity index (χ1n) is 5.27. The summed E-state index contributed by atoms with van der Waals surface area (Å²) in [6.45, 7) is 9.67. The highest BCUT2D eigenvalue weighted by molar-refractivity contribution is 4.91. The van der Waals surface area contributed by atoms with Crippen molar-refractivity contribution in [3.8, 4) is 0 Å². The van der Waals surface area contributed by atoms with Gasteiger partial charge in [0, 0.05) is 19.1 Å². The lowest BCUT2D eigenvalue weighted by molar-refractivity contribution is 0.253. The maximum Gasteiger partial charge on any atom is 0.0221 e. The predicted octanol–water partition coefficient (Wildman–Crippen LogP) is 1.64. The molecule has 1 atom stereocenters. The van der Waals surface area contributed by atoms with E-state index in [4.69, 9.17) is 0 Å². The third-order valence-electron chi connectivity index (χ3n) is 2.76. The summed E-state index contributed by atoms with van der Waals surface area (Å²) < 4.78 is 0. The first kappa shape index (κ1) is 10.7. The Bertz CT molecular complexity index is 165. The molecule has 2 nitrogen and oxygen atoms in total. The molecule has 0 saturated carbocycles. The van der Waals surface area contributed by atoms with Crippen LogP contribution in [0.3, 0.4) is 0 Å². The van der Waals surface area contributed by atoms with E-state index >= 15 is 0 Å². The van der Waals surface area contributed by atoms with Crippen LogP contribution in [0.15, 0.2) is 12.2 Å².